The Labute approximate surface area is 80.9 Å². The van der Waals surface area contributed by atoms with Crippen molar-refractivity contribution in [3.8, 4) is 0 Å². The molecular weight excluding hydrogens is 198 g/mol. The van der Waals surface area contributed by atoms with Crippen LogP contribution in [0.1, 0.15) is 6.92 Å². The lowest BCUT2D eigenvalue weighted by molar-refractivity contribution is -0.133. The quantitative estimate of drug-likeness (QED) is 0.692. The van der Waals surface area contributed by atoms with Crippen molar-refractivity contribution in [1.29, 1.82) is 0 Å². The van der Waals surface area contributed by atoms with Gasteiger partial charge in [-0.05, 0) is 6.92 Å². The molecule has 0 radical (unpaired) electrons. The minimum absolute atomic E-state index is 0.0196. The van der Waals surface area contributed by atoms with Crippen LogP contribution in [-0.2, 0) is 4.79 Å². The van der Waals surface area contributed by atoms with E-state index in [1.165, 1.54) is 14.0 Å². The molecule has 0 spiro atoms. The fourth-order valence-corrected chi connectivity index (χ4v) is 0.850. The van der Waals surface area contributed by atoms with Gasteiger partial charge < -0.3 is 10.6 Å². The molecule has 0 aromatic carbocycles. The molecule has 0 aliphatic rings. The summed E-state index contributed by atoms with van der Waals surface area (Å²) in [5.41, 5.74) is 5.20. The first-order valence-electron chi connectivity index (χ1n) is 3.68. The van der Waals surface area contributed by atoms with Crippen molar-refractivity contribution in [2.24, 2.45) is 11.7 Å². The highest BCUT2D eigenvalue weighted by Gasteiger charge is 2.21. The van der Waals surface area contributed by atoms with Crippen molar-refractivity contribution >= 4 is 23.1 Å². The summed E-state index contributed by atoms with van der Waals surface area (Å²) in [4.78, 5) is 12.2. The molecule has 76 valence electrons. The summed E-state index contributed by atoms with van der Waals surface area (Å²) in [6, 6.07) is 0. The molecule has 0 rings (SSSR count). The van der Waals surface area contributed by atoms with E-state index in [4.69, 9.17) is 5.73 Å². The maximum Gasteiger partial charge on any atom is 0.255 e. The molecule has 0 bridgehead atoms. The molecule has 0 aliphatic carbocycles. The van der Waals surface area contributed by atoms with Gasteiger partial charge in [-0.3, -0.25) is 4.79 Å². The second-order valence-corrected chi connectivity index (χ2v) is 3.21. The fraction of sp³-hybridized carbons (Fsp3) is 0.714. The molecule has 0 aromatic rings. The molecule has 13 heavy (non-hydrogen) atoms. The SMILES string of the molecule is CC(C(=O)N(C)CC(F)F)C(N)=S. The molecule has 1 atom stereocenters. The first-order chi connectivity index (χ1) is 5.86. The van der Waals surface area contributed by atoms with Crippen LogP contribution in [0.2, 0.25) is 0 Å². The van der Waals surface area contributed by atoms with Crippen molar-refractivity contribution in [2.45, 2.75) is 13.3 Å². The first kappa shape index (κ1) is 12.2. The number of amides is 1. The zero-order valence-corrected chi connectivity index (χ0v) is 8.28. The van der Waals surface area contributed by atoms with Gasteiger partial charge in [0.25, 0.3) is 6.43 Å². The Hall–Kier alpha value is -0.780. The summed E-state index contributed by atoms with van der Waals surface area (Å²) in [6.07, 6.45) is -2.53. The molecule has 1 amide bonds. The standard InChI is InChI=1S/C7H12F2N2OS/c1-4(6(10)13)7(12)11(2)3-5(8)9/h4-5H,3H2,1-2H3,(H2,10,13). The predicted octanol–water partition coefficient (Wildman–Crippen LogP) is 0.632. The van der Waals surface area contributed by atoms with E-state index in [0.717, 1.165) is 4.90 Å². The van der Waals surface area contributed by atoms with Crippen molar-refractivity contribution in [2.75, 3.05) is 13.6 Å². The number of halogens is 2. The van der Waals surface area contributed by atoms with Gasteiger partial charge in [-0.15, -0.1) is 0 Å². The molecule has 0 aromatic heterocycles. The van der Waals surface area contributed by atoms with Crippen molar-refractivity contribution in [1.82, 2.24) is 4.90 Å². The van der Waals surface area contributed by atoms with E-state index in [2.05, 4.69) is 12.2 Å². The minimum Gasteiger partial charge on any atom is -0.393 e. The zero-order chi connectivity index (χ0) is 10.6. The highest BCUT2D eigenvalue weighted by atomic mass is 32.1. The average Bonchev–Trinajstić information content (AvgIpc) is 2.00. The summed E-state index contributed by atoms with van der Waals surface area (Å²) >= 11 is 4.57. The lowest BCUT2D eigenvalue weighted by Gasteiger charge is -2.19. The third kappa shape index (κ3) is 4.12. The van der Waals surface area contributed by atoms with Gasteiger partial charge in [0.15, 0.2) is 0 Å². The predicted molar refractivity (Wildman–Crippen MR) is 49.6 cm³/mol. The zero-order valence-electron chi connectivity index (χ0n) is 7.46. The van der Waals surface area contributed by atoms with Gasteiger partial charge in [0, 0.05) is 7.05 Å². The van der Waals surface area contributed by atoms with Gasteiger partial charge >= 0.3 is 0 Å². The van der Waals surface area contributed by atoms with Gasteiger partial charge in [-0.1, -0.05) is 12.2 Å². The summed E-state index contributed by atoms with van der Waals surface area (Å²) in [5.74, 6) is -1.16. The van der Waals surface area contributed by atoms with Crippen LogP contribution < -0.4 is 5.73 Å². The maximum absolute atomic E-state index is 11.9. The third-order valence-electron chi connectivity index (χ3n) is 1.59. The van der Waals surface area contributed by atoms with Crippen LogP contribution >= 0.6 is 12.2 Å². The van der Waals surface area contributed by atoms with Crippen LogP contribution in [-0.4, -0.2) is 35.8 Å². The van der Waals surface area contributed by atoms with Gasteiger partial charge in [-0.25, -0.2) is 8.78 Å². The number of nitrogens with zero attached hydrogens (tertiary/aromatic N) is 1. The number of alkyl halides is 2. The number of rotatable bonds is 4. The summed E-state index contributed by atoms with van der Waals surface area (Å²) < 4.78 is 23.7. The lowest BCUT2D eigenvalue weighted by Crippen LogP contribution is -2.39. The van der Waals surface area contributed by atoms with Crippen molar-refractivity contribution in [3.63, 3.8) is 0 Å². The fourth-order valence-electron chi connectivity index (χ4n) is 0.749. The Balaban J connectivity index is 4.17. The smallest absolute Gasteiger partial charge is 0.255 e. The van der Waals surface area contributed by atoms with Gasteiger partial charge in [-0.2, -0.15) is 0 Å². The maximum atomic E-state index is 11.9. The van der Waals surface area contributed by atoms with E-state index in [1.807, 2.05) is 0 Å². The molecule has 3 nitrogen and oxygen atoms in total. The topological polar surface area (TPSA) is 46.3 Å². The first-order valence-corrected chi connectivity index (χ1v) is 4.09. The molecule has 0 fully saturated rings. The molecule has 1 unspecified atom stereocenters. The third-order valence-corrected chi connectivity index (χ3v) is 1.94. The van der Waals surface area contributed by atoms with E-state index in [0.29, 0.717) is 0 Å². The normalized spacial score (nSPS) is 12.7. The number of nitrogens with two attached hydrogens (primary N) is 1. The van der Waals surface area contributed by atoms with Crippen LogP contribution in [0.25, 0.3) is 0 Å². The van der Waals surface area contributed by atoms with Crippen LogP contribution in [0.15, 0.2) is 0 Å². The van der Waals surface area contributed by atoms with E-state index >= 15 is 0 Å². The van der Waals surface area contributed by atoms with Gasteiger partial charge in [0.2, 0.25) is 5.91 Å². The molecule has 0 saturated heterocycles. The van der Waals surface area contributed by atoms with E-state index < -0.39 is 24.8 Å². The summed E-state index contributed by atoms with van der Waals surface area (Å²) in [6.45, 7) is 0.901. The second-order valence-electron chi connectivity index (χ2n) is 2.73. The number of hydrogen-bond donors (Lipinski definition) is 1. The van der Waals surface area contributed by atoms with Crippen LogP contribution in [0.5, 0.6) is 0 Å². The number of carbonyl (C=O) groups excluding carboxylic acids is 1. The van der Waals surface area contributed by atoms with Crippen LogP contribution in [0.4, 0.5) is 8.78 Å². The van der Waals surface area contributed by atoms with E-state index in [9.17, 15) is 13.6 Å². The molecular formula is C7H12F2N2OS. The van der Waals surface area contributed by atoms with Crippen LogP contribution in [0, 0.1) is 5.92 Å². The molecule has 0 heterocycles. The Morgan fingerprint density at radius 3 is 2.38 bits per heavy atom. The molecule has 6 heteroatoms. The Morgan fingerprint density at radius 2 is 2.08 bits per heavy atom. The Kier molecular flexibility index (Phi) is 4.76. The average molecular weight is 210 g/mol. The monoisotopic (exact) mass is 210 g/mol. The van der Waals surface area contributed by atoms with Gasteiger partial charge in [0.05, 0.1) is 17.5 Å². The van der Waals surface area contributed by atoms with Crippen molar-refractivity contribution < 1.29 is 13.6 Å². The number of hydrogen-bond acceptors (Lipinski definition) is 2. The number of carbonyl (C=O) groups is 1. The Bertz CT molecular complexity index is 211. The molecule has 2 N–H and O–H groups in total. The number of thiocarbonyl (C=S) groups is 1. The van der Waals surface area contributed by atoms with Gasteiger partial charge in [0.1, 0.15) is 0 Å². The summed E-state index contributed by atoms with van der Waals surface area (Å²) in [7, 11) is 1.29. The highest BCUT2D eigenvalue weighted by molar-refractivity contribution is 7.80. The van der Waals surface area contributed by atoms with Crippen molar-refractivity contribution in [3.05, 3.63) is 0 Å². The lowest BCUT2D eigenvalue weighted by atomic mass is 10.1. The largest absolute Gasteiger partial charge is 0.393 e. The van der Waals surface area contributed by atoms with E-state index in [1.54, 1.807) is 0 Å². The molecule has 0 aliphatic heterocycles. The van der Waals surface area contributed by atoms with Crippen LogP contribution in [0.3, 0.4) is 0 Å². The summed E-state index contributed by atoms with van der Waals surface area (Å²) in [5, 5.41) is 0. The Morgan fingerprint density at radius 1 is 1.62 bits per heavy atom. The molecule has 0 saturated carbocycles. The second kappa shape index (κ2) is 5.06. The highest BCUT2D eigenvalue weighted by Crippen LogP contribution is 2.03. The minimum atomic E-state index is -2.53. The van der Waals surface area contributed by atoms with E-state index in [-0.39, 0.29) is 4.99 Å².